The first kappa shape index (κ1) is 17.2. The van der Waals surface area contributed by atoms with Crippen LogP contribution in [0.25, 0.3) is 0 Å². The van der Waals surface area contributed by atoms with Gasteiger partial charge in [0.05, 0.1) is 12.7 Å². The monoisotopic (exact) mass is 284 g/mol. The van der Waals surface area contributed by atoms with Crippen LogP contribution in [0.5, 0.6) is 0 Å². The van der Waals surface area contributed by atoms with Gasteiger partial charge >= 0.3 is 5.97 Å². The van der Waals surface area contributed by atoms with Crippen LogP contribution in [-0.2, 0) is 19.0 Å². The molecule has 20 heavy (non-hydrogen) atoms. The summed E-state index contributed by atoms with van der Waals surface area (Å²) in [7, 11) is 0. The average molecular weight is 284 g/mol. The van der Waals surface area contributed by atoms with Crippen molar-refractivity contribution in [3.05, 3.63) is 12.2 Å². The number of hydrogen-bond donors (Lipinski definition) is 0. The van der Waals surface area contributed by atoms with Crippen LogP contribution in [0.2, 0.25) is 0 Å². The van der Waals surface area contributed by atoms with Crippen LogP contribution in [0.15, 0.2) is 12.2 Å². The summed E-state index contributed by atoms with van der Waals surface area (Å²) in [6.07, 6.45) is 8.08. The molecule has 0 aromatic rings. The molecular weight excluding hydrogens is 256 g/mol. The van der Waals surface area contributed by atoms with Crippen molar-refractivity contribution in [2.24, 2.45) is 0 Å². The zero-order valence-corrected chi connectivity index (χ0v) is 12.9. The topological polar surface area (TPSA) is 44.8 Å². The maximum absolute atomic E-state index is 11.1. The van der Waals surface area contributed by atoms with Crippen LogP contribution < -0.4 is 0 Å². The molecule has 0 amide bonds. The maximum atomic E-state index is 11.1. The highest BCUT2D eigenvalue weighted by atomic mass is 16.7. The molecule has 1 aliphatic carbocycles. The van der Waals surface area contributed by atoms with Crippen molar-refractivity contribution in [2.45, 2.75) is 71.2 Å². The molecule has 0 aromatic carbocycles. The largest absolute Gasteiger partial charge is 0.462 e. The molecule has 1 rings (SSSR count). The Balaban J connectivity index is 1.95. The van der Waals surface area contributed by atoms with E-state index in [4.69, 9.17) is 14.2 Å². The third kappa shape index (κ3) is 7.65. The second-order valence-electron chi connectivity index (χ2n) is 5.46. The second kappa shape index (κ2) is 9.94. The number of esters is 1. The molecule has 4 nitrogen and oxygen atoms in total. The Morgan fingerprint density at radius 3 is 2.50 bits per heavy atom. The van der Waals surface area contributed by atoms with Gasteiger partial charge in [-0.05, 0) is 39.5 Å². The Morgan fingerprint density at radius 2 is 1.85 bits per heavy atom. The molecule has 0 radical (unpaired) electrons. The second-order valence-corrected chi connectivity index (χ2v) is 5.46. The summed E-state index contributed by atoms with van der Waals surface area (Å²) >= 11 is 0. The highest BCUT2D eigenvalue weighted by Gasteiger charge is 2.16. The Morgan fingerprint density at radius 1 is 1.20 bits per heavy atom. The van der Waals surface area contributed by atoms with Gasteiger partial charge in [-0.3, -0.25) is 0 Å². The molecule has 1 atom stereocenters. The molecule has 0 spiro atoms. The van der Waals surface area contributed by atoms with E-state index in [2.05, 4.69) is 6.58 Å². The van der Waals surface area contributed by atoms with E-state index < -0.39 is 0 Å². The van der Waals surface area contributed by atoms with Crippen molar-refractivity contribution in [1.82, 2.24) is 0 Å². The normalized spacial score (nSPS) is 17.7. The zero-order chi connectivity index (χ0) is 14.8. The van der Waals surface area contributed by atoms with Gasteiger partial charge in [-0.1, -0.05) is 25.8 Å². The van der Waals surface area contributed by atoms with E-state index in [1.807, 2.05) is 6.92 Å². The summed E-state index contributed by atoms with van der Waals surface area (Å²) in [5.74, 6) is -0.320. The number of ether oxygens (including phenoxy) is 3. The van der Waals surface area contributed by atoms with Crippen LogP contribution in [0.3, 0.4) is 0 Å². The van der Waals surface area contributed by atoms with Gasteiger partial charge in [0.1, 0.15) is 0 Å². The molecular formula is C16H28O4. The van der Waals surface area contributed by atoms with Gasteiger partial charge in [0.2, 0.25) is 0 Å². The summed E-state index contributed by atoms with van der Waals surface area (Å²) < 4.78 is 16.5. The van der Waals surface area contributed by atoms with E-state index in [9.17, 15) is 4.79 Å². The summed E-state index contributed by atoms with van der Waals surface area (Å²) in [5, 5.41) is 0. The first-order valence-electron chi connectivity index (χ1n) is 7.69. The van der Waals surface area contributed by atoms with Crippen LogP contribution in [-0.4, -0.2) is 31.6 Å². The van der Waals surface area contributed by atoms with Crippen molar-refractivity contribution in [1.29, 1.82) is 0 Å². The van der Waals surface area contributed by atoms with Gasteiger partial charge in [-0.15, -0.1) is 0 Å². The van der Waals surface area contributed by atoms with Gasteiger partial charge in [0, 0.05) is 12.2 Å². The van der Waals surface area contributed by atoms with Gasteiger partial charge < -0.3 is 14.2 Å². The van der Waals surface area contributed by atoms with Crippen molar-refractivity contribution < 1.29 is 19.0 Å². The highest BCUT2D eigenvalue weighted by Crippen LogP contribution is 2.21. The molecule has 1 saturated carbocycles. The minimum Gasteiger partial charge on any atom is -0.462 e. The molecule has 0 heterocycles. The van der Waals surface area contributed by atoms with Crippen molar-refractivity contribution in [2.75, 3.05) is 13.2 Å². The van der Waals surface area contributed by atoms with E-state index in [0.29, 0.717) is 24.9 Å². The van der Waals surface area contributed by atoms with Gasteiger partial charge in [0.15, 0.2) is 6.29 Å². The third-order valence-corrected chi connectivity index (χ3v) is 3.41. The number of hydrogen-bond acceptors (Lipinski definition) is 4. The minimum absolute atomic E-state index is 0.143. The molecule has 1 fully saturated rings. The number of carbonyl (C=O) groups excluding carboxylic acids is 1. The first-order chi connectivity index (χ1) is 9.59. The lowest BCUT2D eigenvalue weighted by Crippen LogP contribution is -2.24. The first-order valence-corrected chi connectivity index (χ1v) is 7.69. The third-order valence-electron chi connectivity index (χ3n) is 3.41. The summed E-state index contributed by atoms with van der Waals surface area (Å²) in [4.78, 5) is 11.1. The van der Waals surface area contributed by atoms with Crippen LogP contribution >= 0.6 is 0 Å². The fourth-order valence-electron chi connectivity index (χ4n) is 2.25. The summed E-state index contributed by atoms with van der Waals surface area (Å²) in [5.41, 5.74) is 0.441. The minimum atomic E-state index is -0.320. The molecule has 4 heteroatoms. The predicted molar refractivity (Wildman–Crippen MR) is 78.4 cm³/mol. The van der Waals surface area contributed by atoms with Gasteiger partial charge in [0.25, 0.3) is 0 Å². The summed E-state index contributed by atoms with van der Waals surface area (Å²) in [6, 6.07) is 0. The fourth-order valence-corrected chi connectivity index (χ4v) is 2.25. The molecule has 1 aliphatic rings. The Labute approximate surface area is 122 Å². The number of unbranched alkanes of at least 4 members (excludes halogenated alkanes) is 1. The zero-order valence-electron chi connectivity index (χ0n) is 12.9. The van der Waals surface area contributed by atoms with E-state index in [-0.39, 0.29) is 12.3 Å². The van der Waals surface area contributed by atoms with Crippen molar-refractivity contribution >= 4 is 5.97 Å². The van der Waals surface area contributed by atoms with E-state index >= 15 is 0 Å². The summed E-state index contributed by atoms with van der Waals surface area (Å²) in [6.45, 7) is 8.20. The lowest BCUT2D eigenvalue weighted by Gasteiger charge is -2.25. The Bertz CT molecular complexity index is 295. The van der Waals surface area contributed by atoms with Crippen molar-refractivity contribution in [3.63, 3.8) is 0 Å². The Kier molecular flexibility index (Phi) is 8.54. The van der Waals surface area contributed by atoms with E-state index in [1.165, 1.54) is 19.3 Å². The molecule has 0 saturated heterocycles. The van der Waals surface area contributed by atoms with Crippen molar-refractivity contribution in [3.8, 4) is 0 Å². The molecule has 0 aliphatic heterocycles. The lowest BCUT2D eigenvalue weighted by molar-refractivity contribution is -0.167. The van der Waals surface area contributed by atoms with Gasteiger partial charge in [-0.2, -0.15) is 0 Å². The number of rotatable bonds is 9. The Hall–Kier alpha value is -0.870. The predicted octanol–water partition coefficient (Wildman–Crippen LogP) is 3.60. The molecule has 0 bridgehead atoms. The molecule has 0 N–H and O–H groups in total. The lowest BCUT2D eigenvalue weighted by atomic mass is 9.98. The molecule has 0 aromatic heterocycles. The maximum Gasteiger partial charge on any atom is 0.333 e. The van der Waals surface area contributed by atoms with E-state index in [0.717, 1.165) is 25.7 Å². The fraction of sp³-hybridized carbons (Fsp3) is 0.812. The number of carbonyl (C=O) groups is 1. The molecule has 116 valence electrons. The van der Waals surface area contributed by atoms with Gasteiger partial charge in [-0.25, -0.2) is 4.79 Å². The quantitative estimate of drug-likeness (QED) is 0.281. The average Bonchev–Trinajstić information content (AvgIpc) is 2.43. The van der Waals surface area contributed by atoms with Crippen LogP contribution in [0, 0.1) is 0 Å². The van der Waals surface area contributed by atoms with Crippen LogP contribution in [0.1, 0.15) is 58.8 Å². The standard InChI is InChI=1S/C16H28O4/c1-13(2)16(17)19-12-8-7-11-18-14(3)20-15-9-5-4-6-10-15/h14-15H,1,4-12H2,2-3H3. The molecule has 1 unspecified atom stereocenters. The SMILES string of the molecule is C=C(C)C(=O)OCCCCOC(C)OC1CCCCC1. The van der Waals surface area contributed by atoms with Crippen LogP contribution in [0.4, 0.5) is 0 Å². The highest BCUT2D eigenvalue weighted by molar-refractivity contribution is 5.86. The van der Waals surface area contributed by atoms with E-state index in [1.54, 1.807) is 6.92 Å². The smallest absolute Gasteiger partial charge is 0.333 e.